The molecule has 2 aromatic carbocycles. The molecule has 160 valence electrons. The van der Waals surface area contributed by atoms with E-state index in [-0.39, 0.29) is 19.8 Å². The Balaban J connectivity index is 1.25. The van der Waals surface area contributed by atoms with Crippen LogP contribution >= 0.6 is 0 Å². The van der Waals surface area contributed by atoms with E-state index in [1.165, 1.54) is 11.1 Å². The summed E-state index contributed by atoms with van der Waals surface area (Å²) in [4.78, 5) is 39.0. The van der Waals surface area contributed by atoms with Crippen molar-refractivity contribution in [1.82, 2.24) is 10.2 Å². The van der Waals surface area contributed by atoms with Crippen molar-refractivity contribution in [3.8, 4) is 11.5 Å². The number of urea groups is 1. The molecule has 2 aromatic rings. The lowest BCUT2D eigenvalue weighted by Gasteiger charge is -2.22. The molecule has 5 rings (SSSR count). The van der Waals surface area contributed by atoms with Crippen molar-refractivity contribution < 1.29 is 23.9 Å². The number of nitrogens with one attached hydrogen (secondary N) is 2. The third kappa shape index (κ3) is 3.58. The predicted molar refractivity (Wildman–Crippen MR) is 112 cm³/mol. The highest BCUT2D eigenvalue weighted by Gasteiger charge is 2.48. The van der Waals surface area contributed by atoms with E-state index in [1.807, 2.05) is 24.3 Å². The summed E-state index contributed by atoms with van der Waals surface area (Å²) in [6.45, 7) is 1.49. The van der Waals surface area contributed by atoms with Gasteiger partial charge in [0.05, 0.1) is 0 Å². The van der Waals surface area contributed by atoms with Crippen molar-refractivity contribution in [1.29, 1.82) is 0 Å². The van der Waals surface area contributed by atoms with Gasteiger partial charge in [-0.1, -0.05) is 12.1 Å². The van der Waals surface area contributed by atoms with Crippen molar-refractivity contribution >= 4 is 23.5 Å². The fourth-order valence-electron chi connectivity index (χ4n) is 4.46. The lowest BCUT2D eigenvalue weighted by molar-refractivity contribution is -0.133. The third-order valence-electron chi connectivity index (χ3n) is 6.02. The number of hydrogen-bond acceptors (Lipinski definition) is 5. The molecule has 2 aliphatic heterocycles. The number of benzene rings is 2. The van der Waals surface area contributed by atoms with E-state index in [9.17, 15) is 14.4 Å². The first-order chi connectivity index (χ1) is 14.9. The standard InChI is InChI=1S/C23H23N3O5/c1-23(11-14-5-8-18-19(9-14)31-13-30-18)21(28)26(22(29)25-23)12-20(27)24-17-7-6-15-3-2-4-16(15)10-17/h5-10H,2-4,11-13H2,1H3,(H,24,27)(H,25,29)/t23-/m0/s1. The van der Waals surface area contributed by atoms with Crippen LogP contribution in [0.1, 0.15) is 30.0 Å². The number of ether oxygens (including phenoxy) is 2. The molecule has 0 radical (unpaired) electrons. The zero-order chi connectivity index (χ0) is 21.6. The Morgan fingerprint density at radius 2 is 1.90 bits per heavy atom. The van der Waals surface area contributed by atoms with Gasteiger partial charge in [-0.15, -0.1) is 0 Å². The largest absolute Gasteiger partial charge is 0.454 e. The second-order valence-electron chi connectivity index (χ2n) is 8.40. The fourth-order valence-corrected chi connectivity index (χ4v) is 4.46. The molecule has 1 aliphatic carbocycles. The SMILES string of the molecule is C[C@@]1(Cc2ccc3c(c2)OCO3)NC(=O)N(CC(=O)Nc2ccc3c(c2)CCC3)C1=O. The van der Waals surface area contributed by atoms with Crippen molar-refractivity contribution in [2.75, 3.05) is 18.7 Å². The van der Waals surface area contributed by atoms with Crippen LogP contribution in [0.4, 0.5) is 10.5 Å². The molecule has 2 heterocycles. The minimum atomic E-state index is -1.14. The molecule has 1 fully saturated rings. The second-order valence-corrected chi connectivity index (χ2v) is 8.40. The number of nitrogens with zero attached hydrogens (tertiary/aromatic N) is 1. The number of carbonyl (C=O) groups is 3. The number of carbonyl (C=O) groups excluding carboxylic acids is 3. The van der Waals surface area contributed by atoms with E-state index in [0.717, 1.165) is 29.7 Å². The molecule has 8 nitrogen and oxygen atoms in total. The van der Waals surface area contributed by atoms with E-state index in [1.54, 1.807) is 19.1 Å². The van der Waals surface area contributed by atoms with Gasteiger partial charge in [-0.2, -0.15) is 0 Å². The third-order valence-corrected chi connectivity index (χ3v) is 6.02. The van der Waals surface area contributed by atoms with Crippen LogP contribution in [-0.4, -0.2) is 41.6 Å². The van der Waals surface area contributed by atoms with Gasteiger partial charge in [0.2, 0.25) is 12.7 Å². The van der Waals surface area contributed by atoms with Crippen molar-refractivity contribution in [3.63, 3.8) is 0 Å². The van der Waals surface area contributed by atoms with E-state index >= 15 is 0 Å². The van der Waals surface area contributed by atoms with Crippen LogP contribution in [0.25, 0.3) is 0 Å². The van der Waals surface area contributed by atoms with Gasteiger partial charge in [0.1, 0.15) is 12.1 Å². The first-order valence-corrected chi connectivity index (χ1v) is 10.4. The molecule has 0 saturated carbocycles. The molecule has 3 aliphatic rings. The summed E-state index contributed by atoms with van der Waals surface area (Å²) in [6.07, 6.45) is 3.46. The first-order valence-electron chi connectivity index (χ1n) is 10.4. The topological polar surface area (TPSA) is 97.0 Å². The molecule has 0 spiro atoms. The summed E-state index contributed by atoms with van der Waals surface area (Å²) < 4.78 is 10.7. The average Bonchev–Trinajstić information content (AvgIpc) is 3.43. The summed E-state index contributed by atoms with van der Waals surface area (Å²) >= 11 is 0. The van der Waals surface area contributed by atoms with Gasteiger partial charge in [-0.25, -0.2) is 4.79 Å². The summed E-state index contributed by atoms with van der Waals surface area (Å²) in [5, 5.41) is 5.54. The number of fused-ring (bicyclic) bond motifs is 2. The lowest BCUT2D eigenvalue weighted by Crippen LogP contribution is -2.46. The van der Waals surface area contributed by atoms with Crippen molar-refractivity contribution in [3.05, 3.63) is 53.1 Å². The van der Waals surface area contributed by atoms with Crippen LogP contribution in [0.15, 0.2) is 36.4 Å². The van der Waals surface area contributed by atoms with E-state index in [0.29, 0.717) is 17.2 Å². The zero-order valence-corrected chi connectivity index (χ0v) is 17.2. The highest BCUT2D eigenvalue weighted by atomic mass is 16.7. The van der Waals surface area contributed by atoms with Gasteiger partial charge in [0, 0.05) is 12.1 Å². The average molecular weight is 421 g/mol. The van der Waals surface area contributed by atoms with Crippen LogP contribution in [0, 0.1) is 0 Å². The number of anilines is 1. The second kappa shape index (κ2) is 7.30. The van der Waals surface area contributed by atoms with Gasteiger partial charge in [-0.05, 0) is 67.1 Å². The first kappa shape index (κ1) is 19.4. The predicted octanol–water partition coefficient (Wildman–Crippen LogP) is 2.40. The molecule has 0 aromatic heterocycles. The summed E-state index contributed by atoms with van der Waals surface area (Å²) in [5.74, 6) is 0.428. The molecule has 8 heteroatoms. The normalized spacial score (nSPS) is 21.3. The monoisotopic (exact) mass is 421 g/mol. The maximum atomic E-state index is 13.0. The van der Waals surface area contributed by atoms with E-state index in [4.69, 9.17) is 9.47 Å². The van der Waals surface area contributed by atoms with Crippen LogP contribution < -0.4 is 20.1 Å². The molecule has 31 heavy (non-hydrogen) atoms. The number of amides is 4. The van der Waals surface area contributed by atoms with Crippen LogP contribution in [0.2, 0.25) is 0 Å². The Labute approximate surface area is 179 Å². The molecule has 2 N–H and O–H groups in total. The Kier molecular flexibility index (Phi) is 4.57. The zero-order valence-electron chi connectivity index (χ0n) is 17.2. The van der Waals surface area contributed by atoms with Crippen molar-refractivity contribution in [2.45, 2.75) is 38.1 Å². The smallest absolute Gasteiger partial charge is 0.325 e. The van der Waals surface area contributed by atoms with Gasteiger partial charge in [0.25, 0.3) is 5.91 Å². The lowest BCUT2D eigenvalue weighted by atomic mass is 9.92. The summed E-state index contributed by atoms with van der Waals surface area (Å²) in [7, 11) is 0. The molecule has 0 bridgehead atoms. The van der Waals surface area contributed by atoms with Gasteiger partial charge < -0.3 is 20.1 Å². The number of imide groups is 1. The Morgan fingerprint density at radius 3 is 2.77 bits per heavy atom. The minimum Gasteiger partial charge on any atom is -0.454 e. The molecule has 4 amide bonds. The van der Waals surface area contributed by atoms with Gasteiger partial charge in [0.15, 0.2) is 11.5 Å². The van der Waals surface area contributed by atoms with Gasteiger partial charge in [-0.3, -0.25) is 14.5 Å². The fraction of sp³-hybridized carbons (Fsp3) is 0.348. The molecular formula is C23H23N3O5. The van der Waals surface area contributed by atoms with E-state index < -0.39 is 23.4 Å². The molecule has 1 saturated heterocycles. The van der Waals surface area contributed by atoms with Crippen LogP contribution in [-0.2, 0) is 28.9 Å². The van der Waals surface area contributed by atoms with E-state index in [2.05, 4.69) is 10.6 Å². The Hall–Kier alpha value is -3.55. The van der Waals surface area contributed by atoms with Crippen LogP contribution in [0.3, 0.4) is 0 Å². The van der Waals surface area contributed by atoms with Crippen molar-refractivity contribution in [2.24, 2.45) is 0 Å². The number of aryl methyl sites for hydroxylation is 2. The highest BCUT2D eigenvalue weighted by molar-refractivity contribution is 6.10. The number of hydrogen-bond donors (Lipinski definition) is 2. The maximum Gasteiger partial charge on any atom is 0.325 e. The maximum absolute atomic E-state index is 13.0. The molecule has 1 atom stereocenters. The highest BCUT2D eigenvalue weighted by Crippen LogP contribution is 2.34. The number of rotatable bonds is 5. The van der Waals surface area contributed by atoms with Crippen LogP contribution in [0.5, 0.6) is 11.5 Å². The Bertz CT molecular complexity index is 1100. The summed E-state index contributed by atoms with van der Waals surface area (Å²) in [5.41, 5.74) is 2.92. The minimum absolute atomic E-state index is 0.166. The molecular weight excluding hydrogens is 398 g/mol. The molecule has 0 unspecified atom stereocenters. The Morgan fingerprint density at radius 1 is 1.10 bits per heavy atom. The van der Waals surface area contributed by atoms with Gasteiger partial charge >= 0.3 is 6.03 Å². The summed E-state index contributed by atoms with van der Waals surface area (Å²) in [6, 6.07) is 10.7. The quantitative estimate of drug-likeness (QED) is 0.723.